The molecule has 0 aliphatic heterocycles. The summed E-state index contributed by atoms with van der Waals surface area (Å²) in [5, 5.41) is 2.34. The Morgan fingerprint density at radius 2 is 1.56 bits per heavy atom. The fourth-order valence-electron chi connectivity index (χ4n) is 1.92. The molecule has 0 aliphatic carbocycles. The fourth-order valence-corrected chi connectivity index (χ4v) is 2.49. The Balaban J connectivity index is 2.17. The quantitative estimate of drug-likeness (QED) is 0.803. The van der Waals surface area contributed by atoms with Crippen LogP contribution in [0.3, 0.4) is 0 Å². The Morgan fingerprint density at radius 3 is 2.08 bits per heavy atom. The molecular formula is C15H12F4N2O3S. The first kappa shape index (κ1) is 18.7. The Morgan fingerprint density at radius 1 is 1.00 bits per heavy atom. The molecule has 134 valence electrons. The van der Waals surface area contributed by atoms with Crippen molar-refractivity contribution in [1.82, 2.24) is 0 Å². The topological polar surface area (TPSA) is 75.3 Å². The van der Waals surface area contributed by atoms with Crippen LogP contribution >= 0.6 is 0 Å². The molecule has 2 rings (SSSR count). The molecule has 2 N–H and O–H groups in total. The average molecular weight is 376 g/mol. The SMILES string of the molecule is CS(=O)(=O)Nc1ccc(NC(=O)c2ccc(F)c(C(F)(F)F)c2)cc1. The van der Waals surface area contributed by atoms with Crippen LogP contribution in [0.2, 0.25) is 0 Å². The van der Waals surface area contributed by atoms with E-state index in [2.05, 4.69) is 10.0 Å². The molecule has 0 aliphatic rings. The Bertz CT molecular complexity index is 894. The number of hydrogen-bond acceptors (Lipinski definition) is 3. The van der Waals surface area contributed by atoms with E-state index in [1.54, 1.807) is 0 Å². The first-order valence-corrected chi connectivity index (χ1v) is 8.61. The second-order valence-corrected chi connectivity index (χ2v) is 6.85. The number of sulfonamides is 1. The molecule has 10 heteroatoms. The maximum Gasteiger partial charge on any atom is 0.419 e. The van der Waals surface area contributed by atoms with Gasteiger partial charge in [0.25, 0.3) is 5.91 Å². The number of halogens is 4. The molecule has 2 aromatic carbocycles. The smallest absolute Gasteiger partial charge is 0.322 e. The molecule has 0 saturated heterocycles. The minimum atomic E-state index is -4.92. The van der Waals surface area contributed by atoms with Crippen LogP contribution in [-0.2, 0) is 16.2 Å². The zero-order chi connectivity index (χ0) is 18.8. The van der Waals surface area contributed by atoms with E-state index in [4.69, 9.17) is 0 Å². The van der Waals surface area contributed by atoms with E-state index in [-0.39, 0.29) is 16.9 Å². The van der Waals surface area contributed by atoms with Gasteiger partial charge in [-0.15, -0.1) is 0 Å². The third-order valence-corrected chi connectivity index (χ3v) is 3.59. The van der Waals surface area contributed by atoms with Gasteiger partial charge in [0.05, 0.1) is 11.8 Å². The first-order valence-electron chi connectivity index (χ1n) is 6.72. The summed E-state index contributed by atoms with van der Waals surface area (Å²) in [6.45, 7) is 0. The summed E-state index contributed by atoms with van der Waals surface area (Å²) < 4.78 is 75.6. The second-order valence-electron chi connectivity index (χ2n) is 5.10. The van der Waals surface area contributed by atoms with Crippen LogP contribution < -0.4 is 10.0 Å². The van der Waals surface area contributed by atoms with Crippen LogP contribution in [0.1, 0.15) is 15.9 Å². The summed E-state index contributed by atoms with van der Waals surface area (Å²) in [5.74, 6) is -2.34. The van der Waals surface area contributed by atoms with E-state index in [1.807, 2.05) is 0 Å². The van der Waals surface area contributed by atoms with Crippen molar-refractivity contribution in [3.05, 3.63) is 59.4 Å². The third kappa shape index (κ3) is 5.18. The normalized spacial score (nSPS) is 11.9. The molecular weight excluding hydrogens is 364 g/mol. The molecule has 0 unspecified atom stereocenters. The zero-order valence-corrected chi connectivity index (χ0v) is 13.5. The first-order chi connectivity index (χ1) is 11.5. The van der Waals surface area contributed by atoms with Gasteiger partial charge in [0.1, 0.15) is 5.82 Å². The summed E-state index contributed by atoms with van der Waals surface area (Å²) in [6.07, 6.45) is -3.95. The molecule has 2 aromatic rings. The maximum absolute atomic E-state index is 13.2. The lowest BCUT2D eigenvalue weighted by Gasteiger charge is -2.11. The number of hydrogen-bond donors (Lipinski definition) is 2. The van der Waals surface area contributed by atoms with E-state index in [0.717, 1.165) is 12.3 Å². The molecule has 0 spiro atoms. The van der Waals surface area contributed by atoms with Crippen LogP contribution in [-0.4, -0.2) is 20.6 Å². The molecule has 0 aromatic heterocycles. The zero-order valence-electron chi connectivity index (χ0n) is 12.7. The highest BCUT2D eigenvalue weighted by Crippen LogP contribution is 2.32. The summed E-state index contributed by atoms with van der Waals surface area (Å²) in [4.78, 5) is 12.0. The third-order valence-electron chi connectivity index (χ3n) is 2.98. The molecule has 0 heterocycles. The predicted molar refractivity (Wildman–Crippen MR) is 84.3 cm³/mol. The number of carbonyl (C=O) groups excluding carboxylic acids is 1. The van der Waals surface area contributed by atoms with Gasteiger partial charge >= 0.3 is 6.18 Å². The number of rotatable bonds is 4. The molecule has 0 saturated carbocycles. The van der Waals surface area contributed by atoms with Crippen molar-refractivity contribution in [2.45, 2.75) is 6.18 Å². The van der Waals surface area contributed by atoms with Gasteiger partial charge in [-0.2, -0.15) is 13.2 Å². The molecule has 25 heavy (non-hydrogen) atoms. The van der Waals surface area contributed by atoms with E-state index in [0.29, 0.717) is 12.1 Å². The summed E-state index contributed by atoms with van der Waals surface area (Å²) >= 11 is 0. The highest BCUT2D eigenvalue weighted by atomic mass is 32.2. The standard InChI is InChI=1S/C15H12F4N2O3S/c1-25(23,24)21-11-5-3-10(4-6-11)20-14(22)9-2-7-13(16)12(8-9)15(17,18)19/h2-8,21H,1H3,(H,20,22). The number of benzene rings is 2. The lowest BCUT2D eigenvalue weighted by Crippen LogP contribution is -2.15. The number of anilines is 2. The van der Waals surface area contributed by atoms with Crippen LogP contribution in [0.4, 0.5) is 28.9 Å². The molecule has 5 nitrogen and oxygen atoms in total. The molecule has 1 amide bonds. The van der Waals surface area contributed by atoms with Crippen LogP contribution in [0.5, 0.6) is 0 Å². The minimum Gasteiger partial charge on any atom is -0.322 e. The summed E-state index contributed by atoms with van der Waals surface area (Å²) in [6, 6.07) is 7.37. The molecule has 0 fully saturated rings. The van der Waals surface area contributed by atoms with Gasteiger partial charge in [-0.05, 0) is 42.5 Å². The Labute approximate surface area is 140 Å². The van der Waals surface area contributed by atoms with Gasteiger partial charge in [0.15, 0.2) is 0 Å². The molecule has 0 radical (unpaired) electrons. The predicted octanol–water partition coefficient (Wildman–Crippen LogP) is 3.47. The van der Waals surface area contributed by atoms with Crippen molar-refractivity contribution in [2.75, 3.05) is 16.3 Å². The lowest BCUT2D eigenvalue weighted by molar-refractivity contribution is -0.140. The van der Waals surface area contributed by atoms with Crippen molar-refractivity contribution in [1.29, 1.82) is 0 Å². The van der Waals surface area contributed by atoms with Gasteiger partial charge in [-0.3, -0.25) is 9.52 Å². The van der Waals surface area contributed by atoms with Crippen molar-refractivity contribution in [3.63, 3.8) is 0 Å². The van der Waals surface area contributed by atoms with Gasteiger partial charge < -0.3 is 5.32 Å². The number of carbonyl (C=O) groups is 1. The summed E-state index contributed by atoms with van der Waals surface area (Å²) in [5.41, 5.74) is -1.43. The van der Waals surface area contributed by atoms with Crippen molar-refractivity contribution >= 4 is 27.3 Å². The van der Waals surface area contributed by atoms with Gasteiger partial charge in [-0.25, -0.2) is 12.8 Å². The highest BCUT2D eigenvalue weighted by molar-refractivity contribution is 7.92. The van der Waals surface area contributed by atoms with E-state index < -0.39 is 33.5 Å². The Hall–Kier alpha value is -2.62. The fraction of sp³-hybridized carbons (Fsp3) is 0.133. The highest BCUT2D eigenvalue weighted by Gasteiger charge is 2.34. The maximum atomic E-state index is 13.2. The number of amides is 1. The van der Waals surface area contributed by atoms with E-state index in [9.17, 15) is 30.8 Å². The Kier molecular flexibility index (Phi) is 5.02. The van der Waals surface area contributed by atoms with Crippen molar-refractivity contribution in [3.8, 4) is 0 Å². The largest absolute Gasteiger partial charge is 0.419 e. The molecule has 0 bridgehead atoms. The lowest BCUT2D eigenvalue weighted by atomic mass is 10.1. The van der Waals surface area contributed by atoms with Crippen molar-refractivity contribution in [2.24, 2.45) is 0 Å². The molecule has 0 atom stereocenters. The van der Waals surface area contributed by atoms with Crippen molar-refractivity contribution < 1.29 is 30.8 Å². The van der Waals surface area contributed by atoms with Crippen LogP contribution in [0.15, 0.2) is 42.5 Å². The second kappa shape index (κ2) is 6.71. The minimum absolute atomic E-state index is 0.224. The van der Waals surface area contributed by atoms with E-state index in [1.165, 1.54) is 24.3 Å². The van der Waals surface area contributed by atoms with Gasteiger partial charge in [-0.1, -0.05) is 0 Å². The van der Waals surface area contributed by atoms with Gasteiger partial charge in [0, 0.05) is 16.9 Å². The van der Waals surface area contributed by atoms with Crippen LogP contribution in [0, 0.1) is 5.82 Å². The number of alkyl halides is 3. The van der Waals surface area contributed by atoms with E-state index >= 15 is 0 Å². The monoisotopic (exact) mass is 376 g/mol. The average Bonchev–Trinajstić information content (AvgIpc) is 2.47. The van der Waals surface area contributed by atoms with Gasteiger partial charge in [0.2, 0.25) is 10.0 Å². The number of nitrogens with one attached hydrogen (secondary N) is 2. The summed E-state index contributed by atoms with van der Waals surface area (Å²) in [7, 11) is -3.46. The van der Waals surface area contributed by atoms with Crippen LogP contribution in [0.25, 0.3) is 0 Å².